The van der Waals surface area contributed by atoms with E-state index in [0.717, 1.165) is 50.9 Å². The van der Waals surface area contributed by atoms with Crippen molar-refractivity contribution in [3.63, 3.8) is 0 Å². The van der Waals surface area contributed by atoms with Crippen LogP contribution in [0, 0.1) is 0 Å². The molecule has 0 heterocycles. The van der Waals surface area contributed by atoms with Gasteiger partial charge in [0.05, 0.1) is 6.61 Å². The number of hydrogen-bond acceptors (Lipinski definition) is 3. The standard InChI is InChI=1S/C18H26O4/c1-2-3-14-22-16-12-10-15(11-13-16)8-6-4-5-7-9-17(19)18(20)21/h10-13H,2-9,14H2,1H3,(H,20,21). The van der Waals surface area contributed by atoms with E-state index in [-0.39, 0.29) is 6.42 Å². The number of rotatable bonds is 12. The van der Waals surface area contributed by atoms with Crippen LogP contribution in [0.1, 0.15) is 57.4 Å². The fraction of sp³-hybridized carbons (Fsp3) is 0.556. The van der Waals surface area contributed by atoms with Gasteiger partial charge in [0.1, 0.15) is 5.75 Å². The monoisotopic (exact) mass is 306 g/mol. The molecular weight excluding hydrogens is 280 g/mol. The lowest BCUT2D eigenvalue weighted by Gasteiger charge is -2.06. The highest BCUT2D eigenvalue weighted by molar-refractivity contribution is 6.32. The molecule has 0 unspecified atom stereocenters. The lowest BCUT2D eigenvalue weighted by Crippen LogP contribution is -2.11. The van der Waals surface area contributed by atoms with E-state index in [1.165, 1.54) is 5.56 Å². The second-order valence-corrected chi connectivity index (χ2v) is 5.49. The van der Waals surface area contributed by atoms with E-state index in [9.17, 15) is 9.59 Å². The summed E-state index contributed by atoms with van der Waals surface area (Å²) in [6, 6.07) is 8.21. The number of aliphatic carboxylic acids is 1. The Balaban J connectivity index is 2.12. The molecule has 0 spiro atoms. The molecule has 0 aliphatic heterocycles. The average Bonchev–Trinajstić information content (AvgIpc) is 2.52. The lowest BCUT2D eigenvalue weighted by atomic mass is 10.0. The quantitative estimate of drug-likeness (QED) is 0.468. The summed E-state index contributed by atoms with van der Waals surface area (Å²) in [5.41, 5.74) is 1.28. The Bertz CT molecular complexity index is 451. The first-order chi connectivity index (χ1) is 10.6. The van der Waals surface area contributed by atoms with Gasteiger partial charge in [-0.2, -0.15) is 0 Å². The summed E-state index contributed by atoms with van der Waals surface area (Å²) in [4.78, 5) is 21.3. The van der Waals surface area contributed by atoms with Crippen molar-refractivity contribution in [2.45, 2.75) is 58.3 Å². The third-order valence-electron chi connectivity index (χ3n) is 3.55. The number of benzene rings is 1. The van der Waals surface area contributed by atoms with Gasteiger partial charge in [0.15, 0.2) is 0 Å². The number of carbonyl (C=O) groups is 2. The molecule has 0 radical (unpaired) electrons. The van der Waals surface area contributed by atoms with Crippen molar-refractivity contribution < 1.29 is 19.4 Å². The zero-order valence-corrected chi connectivity index (χ0v) is 13.3. The maximum atomic E-state index is 10.9. The van der Waals surface area contributed by atoms with Crippen LogP contribution >= 0.6 is 0 Å². The van der Waals surface area contributed by atoms with Gasteiger partial charge in [0, 0.05) is 6.42 Å². The summed E-state index contributed by atoms with van der Waals surface area (Å²) >= 11 is 0. The van der Waals surface area contributed by atoms with E-state index in [1.54, 1.807) is 0 Å². The zero-order chi connectivity index (χ0) is 16.2. The van der Waals surface area contributed by atoms with Crippen LogP contribution in [0.15, 0.2) is 24.3 Å². The van der Waals surface area contributed by atoms with E-state index in [1.807, 2.05) is 12.1 Å². The molecule has 0 aliphatic rings. The predicted molar refractivity (Wildman–Crippen MR) is 86.3 cm³/mol. The SMILES string of the molecule is CCCCOc1ccc(CCCCCCC(=O)C(=O)O)cc1. The van der Waals surface area contributed by atoms with Crippen molar-refractivity contribution in [1.29, 1.82) is 0 Å². The van der Waals surface area contributed by atoms with E-state index in [0.29, 0.717) is 6.42 Å². The number of aryl methyl sites for hydroxylation is 1. The Labute approximate surface area is 132 Å². The van der Waals surface area contributed by atoms with Crippen LogP contribution in [0.2, 0.25) is 0 Å². The highest BCUT2D eigenvalue weighted by atomic mass is 16.5. The first kappa shape index (κ1) is 18.2. The van der Waals surface area contributed by atoms with E-state index >= 15 is 0 Å². The molecule has 0 aliphatic carbocycles. The molecule has 4 heteroatoms. The Morgan fingerprint density at radius 3 is 2.32 bits per heavy atom. The molecule has 22 heavy (non-hydrogen) atoms. The second kappa shape index (κ2) is 10.8. The van der Waals surface area contributed by atoms with Gasteiger partial charge in [0.25, 0.3) is 0 Å². The summed E-state index contributed by atoms with van der Waals surface area (Å²) in [7, 11) is 0. The van der Waals surface area contributed by atoms with Crippen molar-refractivity contribution in [3.8, 4) is 5.75 Å². The van der Waals surface area contributed by atoms with Gasteiger partial charge >= 0.3 is 5.97 Å². The third-order valence-corrected chi connectivity index (χ3v) is 3.55. The molecule has 0 aromatic heterocycles. The molecule has 1 aromatic carbocycles. The van der Waals surface area contributed by atoms with E-state index in [4.69, 9.17) is 9.84 Å². The normalized spacial score (nSPS) is 10.4. The molecule has 0 atom stereocenters. The van der Waals surface area contributed by atoms with Gasteiger partial charge < -0.3 is 9.84 Å². The summed E-state index contributed by atoms with van der Waals surface area (Å²) in [5.74, 6) is -1.08. The van der Waals surface area contributed by atoms with Crippen LogP contribution in [0.4, 0.5) is 0 Å². The molecule has 122 valence electrons. The number of carboxylic acid groups (broad SMARTS) is 1. The molecule has 4 nitrogen and oxygen atoms in total. The number of ketones is 1. The Hall–Kier alpha value is -1.84. The maximum Gasteiger partial charge on any atom is 0.372 e. The van der Waals surface area contributed by atoms with Gasteiger partial charge in [-0.3, -0.25) is 4.79 Å². The maximum absolute atomic E-state index is 10.9. The number of carboxylic acids is 1. The first-order valence-corrected chi connectivity index (χ1v) is 8.11. The summed E-state index contributed by atoms with van der Waals surface area (Å²) in [6.07, 6.45) is 7.00. The molecule has 0 amide bonds. The van der Waals surface area contributed by atoms with Crippen molar-refractivity contribution >= 4 is 11.8 Å². The highest BCUT2D eigenvalue weighted by Gasteiger charge is 2.09. The van der Waals surface area contributed by atoms with Crippen molar-refractivity contribution in [2.75, 3.05) is 6.61 Å². The number of ether oxygens (including phenoxy) is 1. The minimum atomic E-state index is -1.32. The minimum Gasteiger partial charge on any atom is -0.494 e. The fourth-order valence-corrected chi connectivity index (χ4v) is 2.16. The van der Waals surface area contributed by atoms with Gasteiger partial charge in [-0.25, -0.2) is 4.79 Å². The molecule has 1 aromatic rings. The Morgan fingerprint density at radius 1 is 1.00 bits per heavy atom. The van der Waals surface area contributed by atoms with E-state index in [2.05, 4.69) is 19.1 Å². The summed E-state index contributed by atoms with van der Waals surface area (Å²) in [5, 5.41) is 8.46. The first-order valence-electron chi connectivity index (χ1n) is 8.11. The van der Waals surface area contributed by atoms with Gasteiger partial charge in [-0.05, 0) is 43.4 Å². The number of hydrogen-bond donors (Lipinski definition) is 1. The number of Topliss-reactive ketones (excluding diaryl/α,β-unsaturated/α-hetero) is 1. The van der Waals surface area contributed by atoms with Crippen molar-refractivity contribution in [2.24, 2.45) is 0 Å². The van der Waals surface area contributed by atoms with Crippen molar-refractivity contribution in [3.05, 3.63) is 29.8 Å². The molecular formula is C18H26O4. The molecule has 0 fully saturated rings. The second-order valence-electron chi connectivity index (χ2n) is 5.49. The molecule has 0 saturated carbocycles. The smallest absolute Gasteiger partial charge is 0.372 e. The van der Waals surface area contributed by atoms with Gasteiger partial charge in [-0.15, -0.1) is 0 Å². The van der Waals surface area contributed by atoms with Crippen LogP contribution in [-0.2, 0) is 16.0 Å². The summed E-state index contributed by atoms with van der Waals surface area (Å²) < 4.78 is 5.62. The largest absolute Gasteiger partial charge is 0.494 e. The molecule has 1 rings (SSSR count). The Kier molecular flexibility index (Phi) is 8.96. The average molecular weight is 306 g/mol. The van der Waals surface area contributed by atoms with Crippen LogP contribution in [0.25, 0.3) is 0 Å². The van der Waals surface area contributed by atoms with Gasteiger partial charge in [-0.1, -0.05) is 38.3 Å². The number of unbranched alkanes of at least 4 members (excludes halogenated alkanes) is 4. The summed E-state index contributed by atoms with van der Waals surface area (Å²) in [6.45, 7) is 2.91. The third kappa shape index (κ3) is 7.81. The fourth-order valence-electron chi connectivity index (χ4n) is 2.16. The van der Waals surface area contributed by atoms with Crippen LogP contribution in [-0.4, -0.2) is 23.5 Å². The van der Waals surface area contributed by atoms with Crippen LogP contribution in [0.5, 0.6) is 5.75 Å². The topological polar surface area (TPSA) is 63.6 Å². The van der Waals surface area contributed by atoms with Crippen LogP contribution in [0.3, 0.4) is 0 Å². The molecule has 1 N–H and O–H groups in total. The minimum absolute atomic E-state index is 0.152. The van der Waals surface area contributed by atoms with Crippen LogP contribution < -0.4 is 4.74 Å². The van der Waals surface area contributed by atoms with Gasteiger partial charge in [0.2, 0.25) is 5.78 Å². The number of carbonyl (C=O) groups excluding carboxylic acids is 1. The van der Waals surface area contributed by atoms with E-state index < -0.39 is 11.8 Å². The molecule has 0 bridgehead atoms. The highest BCUT2D eigenvalue weighted by Crippen LogP contribution is 2.15. The predicted octanol–water partition coefficient (Wildman–Crippen LogP) is 4.01. The zero-order valence-electron chi connectivity index (χ0n) is 13.3. The van der Waals surface area contributed by atoms with Crippen molar-refractivity contribution in [1.82, 2.24) is 0 Å². The molecule has 0 saturated heterocycles. The lowest BCUT2D eigenvalue weighted by molar-refractivity contribution is -0.149. The Morgan fingerprint density at radius 2 is 1.68 bits per heavy atom.